The lowest BCUT2D eigenvalue weighted by molar-refractivity contribution is -0.123. The Hall–Kier alpha value is -3.02. The first-order chi connectivity index (χ1) is 14.9. The number of halogens is 1. The normalized spacial score (nSPS) is 19.5. The number of nitrogens with zero attached hydrogens (tertiary/aromatic N) is 2. The molecule has 6 heteroatoms. The molecule has 1 aliphatic heterocycles. The van der Waals surface area contributed by atoms with E-state index in [0.717, 1.165) is 31.2 Å². The quantitative estimate of drug-likeness (QED) is 0.658. The third-order valence-electron chi connectivity index (χ3n) is 6.33. The molecular weight excluding hydrogens is 395 g/mol. The molecule has 0 spiro atoms. The van der Waals surface area contributed by atoms with Crippen LogP contribution in [0.4, 0.5) is 10.1 Å². The second-order valence-corrected chi connectivity index (χ2v) is 8.66. The van der Waals surface area contributed by atoms with Crippen molar-refractivity contribution in [1.82, 2.24) is 4.90 Å². The Balaban J connectivity index is 1.66. The SMILES string of the molecule is CC(C)c1ccc(N2C(=O)CC(N(C(=O)c3ccccc3F)C3CCCC3)C2=O)cc1. The zero-order valence-corrected chi connectivity index (χ0v) is 17.9. The third kappa shape index (κ3) is 3.99. The van der Waals surface area contributed by atoms with Crippen LogP contribution in [0.25, 0.3) is 0 Å². The van der Waals surface area contributed by atoms with Crippen LogP contribution < -0.4 is 4.90 Å². The van der Waals surface area contributed by atoms with Gasteiger partial charge in [0.05, 0.1) is 17.7 Å². The van der Waals surface area contributed by atoms with Gasteiger partial charge >= 0.3 is 0 Å². The van der Waals surface area contributed by atoms with Gasteiger partial charge in [0.1, 0.15) is 11.9 Å². The number of imide groups is 1. The summed E-state index contributed by atoms with van der Waals surface area (Å²) in [6.07, 6.45) is 3.31. The number of anilines is 1. The molecule has 31 heavy (non-hydrogen) atoms. The third-order valence-corrected chi connectivity index (χ3v) is 6.33. The molecule has 4 rings (SSSR count). The number of carbonyl (C=O) groups is 3. The van der Waals surface area contributed by atoms with E-state index in [4.69, 9.17) is 0 Å². The van der Waals surface area contributed by atoms with Gasteiger partial charge < -0.3 is 4.90 Å². The van der Waals surface area contributed by atoms with Crippen LogP contribution in [-0.2, 0) is 9.59 Å². The highest BCUT2D eigenvalue weighted by atomic mass is 19.1. The van der Waals surface area contributed by atoms with Crippen molar-refractivity contribution in [2.24, 2.45) is 0 Å². The van der Waals surface area contributed by atoms with Gasteiger partial charge in [0.25, 0.3) is 11.8 Å². The van der Waals surface area contributed by atoms with Crippen molar-refractivity contribution in [2.45, 2.75) is 64.0 Å². The summed E-state index contributed by atoms with van der Waals surface area (Å²) in [5, 5.41) is 0. The van der Waals surface area contributed by atoms with E-state index in [-0.39, 0.29) is 23.9 Å². The summed E-state index contributed by atoms with van der Waals surface area (Å²) in [6, 6.07) is 12.1. The molecule has 2 fully saturated rings. The van der Waals surface area contributed by atoms with Crippen molar-refractivity contribution in [3.8, 4) is 0 Å². The summed E-state index contributed by atoms with van der Waals surface area (Å²) in [7, 11) is 0. The van der Waals surface area contributed by atoms with Gasteiger partial charge in [-0.3, -0.25) is 14.4 Å². The number of amides is 3. The maximum absolute atomic E-state index is 14.4. The predicted molar refractivity (Wildman–Crippen MR) is 116 cm³/mol. The minimum atomic E-state index is -0.910. The molecule has 0 bridgehead atoms. The van der Waals surface area contributed by atoms with Crippen molar-refractivity contribution < 1.29 is 18.8 Å². The van der Waals surface area contributed by atoms with E-state index < -0.39 is 23.7 Å². The van der Waals surface area contributed by atoms with E-state index in [9.17, 15) is 18.8 Å². The molecule has 1 unspecified atom stereocenters. The Labute approximate surface area is 181 Å². The van der Waals surface area contributed by atoms with Crippen LogP contribution >= 0.6 is 0 Å². The van der Waals surface area contributed by atoms with Gasteiger partial charge in [-0.2, -0.15) is 0 Å². The molecule has 1 saturated carbocycles. The maximum Gasteiger partial charge on any atom is 0.257 e. The van der Waals surface area contributed by atoms with E-state index in [1.807, 2.05) is 12.1 Å². The van der Waals surface area contributed by atoms with Gasteiger partial charge in [0.2, 0.25) is 5.91 Å². The fraction of sp³-hybridized carbons (Fsp3) is 0.400. The fourth-order valence-corrected chi connectivity index (χ4v) is 4.63. The lowest BCUT2D eigenvalue weighted by atomic mass is 10.0. The lowest BCUT2D eigenvalue weighted by Gasteiger charge is -2.33. The second-order valence-electron chi connectivity index (χ2n) is 8.66. The lowest BCUT2D eigenvalue weighted by Crippen LogP contribution is -2.50. The summed E-state index contributed by atoms with van der Waals surface area (Å²) in [5.74, 6) is -1.56. The molecule has 2 aromatic rings. The zero-order chi connectivity index (χ0) is 22.1. The van der Waals surface area contributed by atoms with E-state index in [1.165, 1.54) is 28.0 Å². The Bertz CT molecular complexity index is 996. The minimum Gasteiger partial charge on any atom is -0.323 e. The first-order valence-electron chi connectivity index (χ1n) is 10.9. The van der Waals surface area contributed by atoms with Gasteiger partial charge in [-0.15, -0.1) is 0 Å². The molecule has 1 heterocycles. The number of benzene rings is 2. The van der Waals surface area contributed by atoms with Gasteiger partial charge in [-0.05, 0) is 48.6 Å². The summed E-state index contributed by atoms with van der Waals surface area (Å²) >= 11 is 0. The average molecular weight is 423 g/mol. The molecular formula is C25H27FN2O3. The molecule has 162 valence electrons. The van der Waals surface area contributed by atoms with Gasteiger partial charge in [-0.25, -0.2) is 9.29 Å². The second kappa shape index (κ2) is 8.61. The molecule has 1 saturated heterocycles. The predicted octanol–water partition coefficient (Wildman–Crippen LogP) is 4.67. The Morgan fingerprint density at radius 3 is 2.29 bits per heavy atom. The van der Waals surface area contributed by atoms with E-state index in [0.29, 0.717) is 11.6 Å². The van der Waals surface area contributed by atoms with Crippen LogP contribution in [-0.4, -0.2) is 34.7 Å². The van der Waals surface area contributed by atoms with Crippen molar-refractivity contribution in [3.05, 3.63) is 65.5 Å². The van der Waals surface area contributed by atoms with E-state index >= 15 is 0 Å². The standard InChI is InChI=1S/C25H27FN2O3/c1-16(2)17-11-13-19(14-12-17)28-23(29)15-22(25(28)31)27(18-7-3-4-8-18)24(30)20-9-5-6-10-21(20)26/h5-6,9-14,16,18,22H,3-4,7-8,15H2,1-2H3. The van der Waals surface area contributed by atoms with Gasteiger partial charge in [0, 0.05) is 6.04 Å². The molecule has 0 aromatic heterocycles. The number of hydrogen-bond donors (Lipinski definition) is 0. The fourth-order valence-electron chi connectivity index (χ4n) is 4.63. The summed E-state index contributed by atoms with van der Waals surface area (Å²) in [5.41, 5.74) is 1.56. The Morgan fingerprint density at radius 2 is 1.68 bits per heavy atom. The summed E-state index contributed by atoms with van der Waals surface area (Å²) < 4.78 is 14.4. The highest BCUT2D eigenvalue weighted by Gasteiger charge is 2.47. The van der Waals surface area contributed by atoms with Crippen molar-refractivity contribution >= 4 is 23.4 Å². The number of rotatable bonds is 5. The summed E-state index contributed by atoms with van der Waals surface area (Å²) in [6.45, 7) is 4.15. The molecule has 0 N–H and O–H groups in total. The van der Waals surface area contributed by atoms with Crippen LogP contribution in [0.1, 0.15) is 67.8 Å². The van der Waals surface area contributed by atoms with E-state index in [1.54, 1.807) is 18.2 Å². The molecule has 1 atom stereocenters. The topological polar surface area (TPSA) is 57.7 Å². The Morgan fingerprint density at radius 1 is 1.03 bits per heavy atom. The number of carbonyl (C=O) groups excluding carboxylic acids is 3. The monoisotopic (exact) mass is 422 g/mol. The highest BCUT2D eigenvalue weighted by molar-refractivity contribution is 6.23. The molecule has 5 nitrogen and oxygen atoms in total. The highest BCUT2D eigenvalue weighted by Crippen LogP contribution is 2.33. The zero-order valence-electron chi connectivity index (χ0n) is 17.9. The van der Waals surface area contributed by atoms with Crippen molar-refractivity contribution in [2.75, 3.05) is 4.90 Å². The molecule has 0 radical (unpaired) electrons. The van der Waals surface area contributed by atoms with Gasteiger partial charge in [0.15, 0.2) is 0 Å². The molecule has 2 aromatic carbocycles. The molecule has 2 aliphatic rings. The van der Waals surface area contributed by atoms with Crippen LogP contribution in [0.5, 0.6) is 0 Å². The molecule has 1 aliphatic carbocycles. The first-order valence-corrected chi connectivity index (χ1v) is 10.9. The maximum atomic E-state index is 14.4. The van der Waals surface area contributed by atoms with Gasteiger partial charge in [-0.1, -0.05) is 51.0 Å². The summed E-state index contributed by atoms with van der Waals surface area (Å²) in [4.78, 5) is 42.2. The van der Waals surface area contributed by atoms with Crippen LogP contribution in [0.2, 0.25) is 0 Å². The first kappa shape index (κ1) is 21.2. The van der Waals surface area contributed by atoms with E-state index in [2.05, 4.69) is 13.8 Å². The average Bonchev–Trinajstić information content (AvgIpc) is 3.37. The van der Waals surface area contributed by atoms with Crippen LogP contribution in [0.3, 0.4) is 0 Å². The minimum absolute atomic E-state index is 0.0608. The largest absolute Gasteiger partial charge is 0.323 e. The van der Waals surface area contributed by atoms with Crippen molar-refractivity contribution in [1.29, 1.82) is 0 Å². The molecule has 3 amide bonds. The van der Waals surface area contributed by atoms with Crippen molar-refractivity contribution in [3.63, 3.8) is 0 Å². The van der Waals surface area contributed by atoms with Crippen LogP contribution in [0.15, 0.2) is 48.5 Å². The van der Waals surface area contributed by atoms with Crippen LogP contribution in [0, 0.1) is 5.82 Å². The smallest absolute Gasteiger partial charge is 0.257 e. The number of hydrogen-bond acceptors (Lipinski definition) is 3. The Kier molecular flexibility index (Phi) is 5.90.